The monoisotopic (exact) mass is 329 g/mol. The van der Waals surface area contributed by atoms with E-state index in [0.717, 1.165) is 49.9 Å². The molecule has 1 fully saturated rings. The molecule has 0 amide bonds. The maximum Gasteiger partial charge on any atom is 0.137 e. The van der Waals surface area contributed by atoms with Gasteiger partial charge in [-0.3, -0.25) is 0 Å². The van der Waals surface area contributed by atoms with Gasteiger partial charge in [0.05, 0.1) is 5.69 Å². The van der Waals surface area contributed by atoms with E-state index in [2.05, 4.69) is 32.0 Å². The Morgan fingerprint density at radius 2 is 2.25 bits per heavy atom. The fourth-order valence-corrected chi connectivity index (χ4v) is 3.19. The molecule has 6 heteroatoms. The SMILES string of the molecule is CN(C)c1cccc(CNC[C@@H]2CCCO[C@H]2c2nccn2C)n1. The van der Waals surface area contributed by atoms with E-state index < -0.39 is 0 Å². The van der Waals surface area contributed by atoms with Gasteiger partial charge in [0.2, 0.25) is 0 Å². The van der Waals surface area contributed by atoms with Gasteiger partial charge in [0.25, 0.3) is 0 Å². The van der Waals surface area contributed by atoms with Crippen molar-refractivity contribution in [1.82, 2.24) is 19.9 Å². The highest BCUT2D eigenvalue weighted by Crippen LogP contribution is 2.32. The molecule has 3 rings (SSSR count). The van der Waals surface area contributed by atoms with Crippen LogP contribution in [-0.4, -0.2) is 41.8 Å². The second-order valence-electron chi connectivity index (χ2n) is 6.60. The van der Waals surface area contributed by atoms with Gasteiger partial charge in [-0.05, 0) is 25.0 Å². The molecule has 0 unspecified atom stereocenters. The van der Waals surface area contributed by atoms with Crippen molar-refractivity contribution in [2.75, 3.05) is 32.1 Å². The van der Waals surface area contributed by atoms with Gasteiger partial charge in [-0.1, -0.05) is 6.07 Å². The lowest BCUT2D eigenvalue weighted by atomic mass is 9.93. The van der Waals surface area contributed by atoms with Crippen molar-refractivity contribution >= 4 is 5.82 Å². The normalized spacial score (nSPS) is 21.0. The van der Waals surface area contributed by atoms with Crippen LogP contribution in [0, 0.1) is 5.92 Å². The van der Waals surface area contributed by atoms with Crippen molar-refractivity contribution in [1.29, 1.82) is 0 Å². The summed E-state index contributed by atoms with van der Waals surface area (Å²) in [5, 5.41) is 3.55. The van der Waals surface area contributed by atoms with Crippen LogP contribution < -0.4 is 10.2 Å². The summed E-state index contributed by atoms with van der Waals surface area (Å²) in [5.74, 6) is 2.45. The molecule has 0 radical (unpaired) electrons. The third-order valence-electron chi connectivity index (χ3n) is 4.52. The standard InChI is InChI=1S/C18H27N5O/c1-22(2)16-8-4-7-15(21-16)13-19-12-14-6-5-11-24-17(14)18-20-9-10-23(18)3/h4,7-10,14,17,19H,5-6,11-13H2,1-3H3/t14-,17+/m0/s1. The zero-order valence-corrected chi connectivity index (χ0v) is 14.8. The Bertz CT molecular complexity index is 654. The number of imidazole rings is 1. The molecule has 1 aliphatic heterocycles. The van der Waals surface area contributed by atoms with Crippen molar-refractivity contribution in [2.24, 2.45) is 13.0 Å². The van der Waals surface area contributed by atoms with Crippen molar-refractivity contribution in [3.63, 3.8) is 0 Å². The lowest BCUT2D eigenvalue weighted by Crippen LogP contribution is -2.33. The average molecular weight is 329 g/mol. The summed E-state index contributed by atoms with van der Waals surface area (Å²) >= 11 is 0. The smallest absolute Gasteiger partial charge is 0.137 e. The number of ether oxygens (including phenoxy) is 1. The lowest BCUT2D eigenvalue weighted by molar-refractivity contribution is -0.0344. The van der Waals surface area contributed by atoms with Crippen LogP contribution in [0.2, 0.25) is 0 Å². The number of nitrogens with one attached hydrogen (secondary N) is 1. The second kappa shape index (κ2) is 7.77. The number of nitrogens with zero attached hydrogens (tertiary/aromatic N) is 4. The van der Waals surface area contributed by atoms with Gasteiger partial charge >= 0.3 is 0 Å². The minimum absolute atomic E-state index is 0.0762. The zero-order valence-electron chi connectivity index (χ0n) is 14.8. The Hall–Kier alpha value is -1.92. The van der Waals surface area contributed by atoms with Gasteiger partial charge < -0.3 is 19.5 Å². The van der Waals surface area contributed by atoms with E-state index in [0.29, 0.717) is 5.92 Å². The molecule has 1 N–H and O–H groups in total. The van der Waals surface area contributed by atoms with E-state index in [1.54, 1.807) is 0 Å². The van der Waals surface area contributed by atoms with Crippen molar-refractivity contribution in [2.45, 2.75) is 25.5 Å². The molecule has 2 aromatic heterocycles. The van der Waals surface area contributed by atoms with Gasteiger partial charge in [0, 0.05) is 59.2 Å². The molecule has 0 aliphatic carbocycles. The lowest BCUT2D eigenvalue weighted by Gasteiger charge is -2.31. The largest absolute Gasteiger partial charge is 0.370 e. The molecule has 1 aliphatic rings. The van der Waals surface area contributed by atoms with Gasteiger partial charge in [0.15, 0.2) is 0 Å². The molecule has 1 saturated heterocycles. The molecule has 2 aromatic rings. The highest BCUT2D eigenvalue weighted by Gasteiger charge is 2.29. The molecule has 0 spiro atoms. The Kier molecular flexibility index (Phi) is 5.48. The van der Waals surface area contributed by atoms with Crippen LogP contribution in [0.4, 0.5) is 5.82 Å². The Labute approximate surface area is 143 Å². The number of aromatic nitrogens is 3. The number of aryl methyl sites for hydroxylation is 1. The third-order valence-corrected chi connectivity index (χ3v) is 4.52. The summed E-state index contributed by atoms with van der Waals surface area (Å²) in [6.45, 7) is 2.50. The van der Waals surface area contributed by atoms with Crippen LogP contribution in [-0.2, 0) is 18.3 Å². The first-order chi connectivity index (χ1) is 11.6. The maximum absolute atomic E-state index is 6.02. The summed E-state index contributed by atoms with van der Waals surface area (Å²) in [6.07, 6.45) is 6.17. The maximum atomic E-state index is 6.02. The Balaban J connectivity index is 1.58. The van der Waals surface area contributed by atoms with E-state index in [1.165, 1.54) is 0 Å². The van der Waals surface area contributed by atoms with Crippen LogP contribution in [0.1, 0.15) is 30.5 Å². The fourth-order valence-electron chi connectivity index (χ4n) is 3.19. The fraction of sp³-hybridized carbons (Fsp3) is 0.556. The van der Waals surface area contributed by atoms with Crippen LogP contribution >= 0.6 is 0 Å². The van der Waals surface area contributed by atoms with E-state index in [4.69, 9.17) is 4.74 Å². The molecule has 24 heavy (non-hydrogen) atoms. The van der Waals surface area contributed by atoms with Gasteiger partial charge in [0.1, 0.15) is 17.7 Å². The first-order valence-electron chi connectivity index (χ1n) is 8.58. The molecule has 130 valence electrons. The molecule has 0 aromatic carbocycles. The van der Waals surface area contributed by atoms with Gasteiger partial charge in [-0.15, -0.1) is 0 Å². The minimum atomic E-state index is 0.0762. The van der Waals surface area contributed by atoms with Crippen molar-refractivity contribution < 1.29 is 4.74 Å². The highest BCUT2D eigenvalue weighted by atomic mass is 16.5. The summed E-state index contributed by atoms with van der Waals surface area (Å²) in [7, 11) is 6.05. The first-order valence-corrected chi connectivity index (χ1v) is 8.58. The molecular weight excluding hydrogens is 302 g/mol. The van der Waals surface area contributed by atoms with E-state index in [-0.39, 0.29) is 6.10 Å². The van der Waals surface area contributed by atoms with E-state index in [1.807, 2.05) is 44.5 Å². The molecule has 0 saturated carbocycles. The summed E-state index contributed by atoms with van der Waals surface area (Å²) in [4.78, 5) is 11.2. The van der Waals surface area contributed by atoms with Crippen molar-refractivity contribution in [3.8, 4) is 0 Å². The number of hydrogen-bond acceptors (Lipinski definition) is 5. The van der Waals surface area contributed by atoms with Crippen molar-refractivity contribution in [3.05, 3.63) is 42.1 Å². The predicted molar refractivity (Wildman–Crippen MR) is 94.9 cm³/mol. The number of anilines is 1. The van der Waals surface area contributed by atoms with E-state index in [9.17, 15) is 0 Å². The minimum Gasteiger partial charge on any atom is -0.370 e. The van der Waals surface area contributed by atoms with Crippen LogP contribution in [0.25, 0.3) is 0 Å². The number of rotatable bonds is 6. The zero-order chi connectivity index (χ0) is 16.9. The van der Waals surface area contributed by atoms with Gasteiger partial charge in [-0.25, -0.2) is 9.97 Å². The average Bonchev–Trinajstić information content (AvgIpc) is 3.01. The molecule has 3 heterocycles. The first kappa shape index (κ1) is 16.9. The third kappa shape index (κ3) is 3.94. The quantitative estimate of drug-likeness (QED) is 0.880. The molecule has 2 atom stereocenters. The topological polar surface area (TPSA) is 55.2 Å². The number of pyridine rings is 1. The second-order valence-corrected chi connectivity index (χ2v) is 6.60. The van der Waals surface area contributed by atoms with Gasteiger partial charge in [-0.2, -0.15) is 0 Å². The Morgan fingerprint density at radius 1 is 1.38 bits per heavy atom. The van der Waals surface area contributed by atoms with Crippen LogP contribution in [0.3, 0.4) is 0 Å². The molecule has 6 nitrogen and oxygen atoms in total. The summed E-state index contributed by atoms with van der Waals surface area (Å²) in [6, 6.07) is 6.14. The number of hydrogen-bond donors (Lipinski definition) is 1. The molecular formula is C18H27N5O. The van der Waals surface area contributed by atoms with Crippen LogP contribution in [0.5, 0.6) is 0 Å². The Morgan fingerprint density at radius 3 is 3.00 bits per heavy atom. The highest BCUT2D eigenvalue weighted by molar-refractivity contribution is 5.36. The molecule has 0 bridgehead atoms. The summed E-state index contributed by atoms with van der Waals surface area (Å²) < 4.78 is 8.08. The predicted octanol–water partition coefficient (Wildman–Crippen LogP) is 2.14. The summed E-state index contributed by atoms with van der Waals surface area (Å²) in [5.41, 5.74) is 1.06. The van der Waals surface area contributed by atoms with Crippen LogP contribution in [0.15, 0.2) is 30.6 Å². The van der Waals surface area contributed by atoms with E-state index >= 15 is 0 Å².